The van der Waals surface area contributed by atoms with E-state index in [1.54, 1.807) is 48.3 Å². The van der Waals surface area contributed by atoms with E-state index in [0.29, 0.717) is 11.6 Å². The van der Waals surface area contributed by atoms with Gasteiger partial charge in [0, 0.05) is 19.4 Å². The van der Waals surface area contributed by atoms with E-state index in [1.807, 2.05) is 49.5 Å². The third-order valence-electron chi connectivity index (χ3n) is 4.87. The van der Waals surface area contributed by atoms with Crippen LogP contribution in [0.25, 0.3) is 10.8 Å². The predicted octanol–water partition coefficient (Wildman–Crippen LogP) is 3.65. The third-order valence-corrected chi connectivity index (χ3v) is 6.29. The monoisotopic (exact) mass is 407 g/mol. The van der Waals surface area contributed by atoms with E-state index < -0.39 is 16.1 Å². The Bertz CT molecular complexity index is 1250. The summed E-state index contributed by atoms with van der Waals surface area (Å²) in [5, 5.41) is 1.86. The minimum atomic E-state index is -3.79. The van der Waals surface area contributed by atoms with Crippen molar-refractivity contribution in [2.75, 3.05) is 7.11 Å². The van der Waals surface area contributed by atoms with Gasteiger partial charge in [0.15, 0.2) is 0 Å². The molecule has 0 fully saturated rings. The van der Waals surface area contributed by atoms with Gasteiger partial charge in [0.05, 0.1) is 12.0 Å². The van der Waals surface area contributed by atoms with Gasteiger partial charge in [-0.25, -0.2) is 13.4 Å². The predicted molar refractivity (Wildman–Crippen MR) is 112 cm³/mol. The highest BCUT2D eigenvalue weighted by Gasteiger charge is 2.26. The highest BCUT2D eigenvalue weighted by molar-refractivity contribution is 7.89. The van der Waals surface area contributed by atoms with Crippen LogP contribution in [0.4, 0.5) is 0 Å². The van der Waals surface area contributed by atoms with E-state index in [-0.39, 0.29) is 4.90 Å². The molecule has 29 heavy (non-hydrogen) atoms. The Balaban J connectivity index is 1.75. The second-order valence-electron chi connectivity index (χ2n) is 6.73. The Morgan fingerprint density at radius 2 is 1.72 bits per heavy atom. The van der Waals surface area contributed by atoms with E-state index in [0.717, 1.165) is 16.3 Å². The molecule has 1 atom stereocenters. The van der Waals surface area contributed by atoms with E-state index in [2.05, 4.69) is 9.71 Å². The van der Waals surface area contributed by atoms with Gasteiger partial charge in [-0.3, -0.25) is 0 Å². The summed E-state index contributed by atoms with van der Waals surface area (Å²) in [6.45, 7) is 0. The maximum absolute atomic E-state index is 13.2. The zero-order valence-electron chi connectivity index (χ0n) is 16.1. The van der Waals surface area contributed by atoms with Crippen LogP contribution in [0, 0.1) is 0 Å². The molecule has 6 nitrogen and oxygen atoms in total. The van der Waals surface area contributed by atoms with Crippen molar-refractivity contribution in [2.24, 2.45) is 7.05 Å². The molecule has 0 amide bonds. The van der Waals surface area contributed by atoms with E-state index in [1.165, 1.54) is 0 Å². The lowest BCUT2D eigenvalue weighted by molar-refractivity contribution is 0.414. The standard InChI is InChI=1S/C22H21N3O3S/c1-25-14-13-23-22(25)21(17-7-10-19(28-2)11-8-17)24-29(26,27)20-12-9-16-5-3-4-6-18(16)15-20/h3-15,21,24H,1-2H3. The number of methoxy groups -OCH3 is 1. The molecule has 0 aliphatic rings. The summed E-state index contributed by atoms with van der Waals surface area (Å²) < 4.78 is 36.3. The smallest absolute Gasteiger partial charge is 0.241 e. The molecule has 3 aromatic carbocycles. The van der Waals surface area contributed by atoms with Crippen molar-refractivity contribution < 1.29 is 13.2 Å². The van der Waals surface area contributed by atoms with Crippen LogP contribution in [-0.2, 0) is 17.1 Å². The fourth-order valence-corrected chi connectivity index (χ4v) is 4.50. The zero-order chi connectivity index (χ0) is 20.4. The fraction of sp³-hybridized carbons (Fsp3) is 0.136. The van der Waals surface area contributed by atoms with Crippen molar-refractivity contribution >= 4 is 20.8 Å². The first-order chi connectivity index (χ1) is 14.0. The lowest BCUT2D eigenvalue weighted by Crippen LogP contribution is -2.31. The Kier molecular flexibility index (Phi) is 5.08. The van der Waals surface area contributed by atoms with Crippen LogP contribution in [0.15, 0.2) is 84.0 Å². The van der Waals surface area contributed by atoms with E-state index >= 15 is 0 Å². The molecule has 0 radical (unpaired) electrons. The molecule has 1 heterocycles. The summed E-state index contributed by atoms with van der Waals surface area (Å²) in [5.74, 6) is 1.30. The van der Waals surface area contributed by atoms with Gasteiger partial charge in [0.1, 0.15) is 17.6 Å². The van der Waals surface area contributed by atoms with Gasteiger partial charge in [-0.15, -0.1) is 0 Å². The van der Waals surface area contributed by atoms with Crippen molar-refractivity contribution in [1.29, 1.82) is 0 Å². The Morgan fingerprint density at radius 3 is 2.38 bits per heavy atom. The van der Waals surface area contributed by atoms with E-state index in [9.17, 15) is 8.42 Å². The van der Waals surface area contributed by atoms with Crippen molar-refractivity contribution in [3.8, 4) is 5.75 Å². The fourth-order valence-electron chi connectivity index (χ4n) is 3.28. The third kappa shape index (κ3) is 3.87. The number of nitrogens with one attached hydrogen (secondary N) is 1. The van der Waals surface area contributed by atoms with Crippen LogP contribution in [0.2, 0.25) is 0 Å². The molecule has 0 saturated heterocycles. The molecule has 0 saturated carbocycles. The summed E-state index contributed by atoms with van der Waals surface area (Å²) in [5.41, 5.74) is 0.768. The largest absolute Gasteiger partial charge is 0.497 e. The Labute approximate surface area is 169 Å². The number of sulfonamides is 1. The van der Waals surface area contributed by atoms with Crippen LogP contribution in [0.3, 0.4) is 0 Å². The minimum absolute atomic E-state index is 0.212. The first kappa shape index (κ1) is 19.2. The number of nitrogens with zero attached hydrogens (tertiary/aromatic N) is 2. The van der Waals surface area contributed by atoms with Gasteiger partial charge in [0.25, 0.3) is 0 Å². The second-order valence-corrected chi connectivity index (χ2v) is 8.45. The van der Waals surface area contributed by atoms with Crippen LogP contribution >= 0.6 is 0 Å². The molecule has 1 aromatic heterocycles. The van der Waals surface area contributed by atoms with Crippen molar-refractivity contribution in [3.63, 3.8) is 0 Å². The number of aryl methyl sites for hydroxylation is 1. The van der Waals surface area contributed by atoms with Crippen molar-refractivity contribution in [1.82, 2.24) is 14.3 Å². The topological polar surface area (TPSA) is 73.2 Å². The van der Waals surface area contributed by atoms with Gasteiger partial charge < -0.3 is 9.30 Å². The molecule has 1 unspecified atom stereocenters. The lowest BCUT2D eigenvalue weighted by atomic mass is 10.1. The number of imidazole rings is 1. The Morgan fingerprint density at radius 1 is 1.00 bits per heavy atom. The molecule has 0 aliphatic carbocycles. The van der Waals surface area contributed by atoms with Crippen molar-refractivity contribution in [2.45, 2.75) is 10.9 Å². The summed E-state index contributed by atoms with van der Waals surface area (Å²) in [6, 6.07) is 19.4. The van der Waals surface area contributed by atoms with Gasteiger partial charge in [-0.2, -0.15) is 4.72 Å². The molecule has 148 valence electrons. The first-order valence-corrected chi connectivity index (χ1v) is 10.6. The molecule has 4 rings (SSSR count). The summed E-state index contributed by atoms with van der Waals surface area (Å²) in [7, 11) is -0.365. The molecule has 1 N–H and O–H groups in total. The number of rotatable bonds is 6. The molecule has 0 aliphatic heterocycles. The molecular formula is C22H21N3O3S. The Hall–Kier alpha value is -3.16. The molecular weight excluding hydrogens is 386 g/mol. The molecule has 0 spiro atoms. The average molecular weight is 407 g/mol. The zero-order valence-corrected chi connectivity index (χ0v) is 16.9. The van der Waals surface area contributed by atoms with Gasteiger partial charge in [0.2, 0.25) is 10.0 Å². The molecule has 7 heteroatoms. The number of benzene rings is 3. The van der Waals surface area contributed by atoms with Crippen LogP contribution < -0.4 is 9.46 Å². The maximum atomic E-state index is 13.2. The van der Waals surface area contributed by atoms with Gasteiger partial charge in [-0.1, -0.05) is 42.5 Å². The summed E-state index contributed by atoms with van der Waals surface area (Å²) >= 11 is 0. The summed E-state index contributed by atoms with van der Waals surface area (Å²) in [6.07, 6.45) is 3.44. The number of ether oxygens (including phenoxy) is 1. The lowest BCUT2D eigenvalue weighted by Gasteiger charge is -2.19. The highest BCUT2D eigenvalue weighted by atomic mass is 32.2. The quantitative estimate of drug-likeness (QED) is 0.530. The maximum Gasteiger partial charge on any atom is 0.241 e. The highest BCUT2D eigenvalue weighted by Crippen LogP contribution is 2.26. The van der Waals surface area contributed by atoms with Gasteiger partial charge >= 0.3 is 0 Å². The van der Waals surface area contributed by atoms with E-state index in [4.69, 9.17) is 4.74 Å². The number of hydrogen-bond acceptors (Lipinski definition) is 4. The summed E-state index contributed by atoms with van der Waals surface area (Å²) in [4.78, 5) is 4.58. The first-order valence-electron chi connectivity index (χ1n) is 9.10. The van der Waals surface area contributed by atoms with Crippen molar-refractivity contribution in [3.05, 3.63) is 90.5 Å². The SMILES string of the molecule is COc1ccc(C(NS(=O)(=O)c2ccc3ccccc3c2)c2nccn2C)cc1. The number of fused-ring (bicyclic) bond motifs is 1. The van der Waals surface area contributed by atoms with Crippen LogP contribution in [-0.4, -0.2) is 25.1 Å². The van der Waals surface area contributed by atoms with Crippen LogP contribution in [0.1, 0.15) is 17.4 Å². The minimum Gasteiger partial charge on any atom is -0.497 e. The van der Waals surface area contributed by atoms with Crippen LogP contribution in [0.5, 0.6) is 5.75 Å². The average Bonchev–Trinajstić information content (AvgIpc) is 3.17. The molecule has 4 aromatic rings. The normalized spacial score (nSPS) is 12.8. The number of aromatic nitrogens is 2. The molecule has 0 bridgehead atoms. The second kappa shape index (κ2) is 7.69. The number of hydrogen-bond donors (Lipinski definition) is 1. The van der Waals surface area contributed by atoms with Gasteiger partial charge in [-0.05, 0) is 40.6 Å².